The Morgan fingerprint density at radius 1 is 1.05 bits per heavy atom. The van der Waals surface area contributed by atoms with Gasteiger partial charge in [0.1, 0.15) is 6.10 Å². The van der Waals surface area contributed by atoms with Crippen LogP contribution < -0.4 is 0 Å². The first-order valence-electron chi connectivity index (χ1n) is 14.2. The number of aliphatic hydroxyl groups excluding tert-OH is 1. The number of aliphatic hydroxyl groups is 1. The van der Waals surface area contributed by atoms with Gasteiger partial charge < -0.3 is 9.84 Å². The number of fused-ring (bicyclic) bond motifs is 2. The van der Waals surface area contributed by atoms with Crippen LogP contribution in [-0.2, 0) is 9.53 Å². The van der Waals surface area contributed by atoms with Gasteiger partial charge >= 0.3 is 5.97 Å². The molecule has 0 bridgehead atoms. The number of halogens is 1. The fourth-order valence-corrected chi connectivity index (χ4v) is 7.78. The monoisotopic (exact) mass is 534 g/mol. The number of carbonyl (C=O) groups excluding carboxylic acids is 1. The van der Waals surface area contributed by atoms with Crippen LogP contribution in [0.15, 0.2) is 66.2 Å². The quantitative estimate of drug-likeness (QED) is 0.415. The summed E-state index contributed by atoms with van der Waals surface area (Å²) in [4.78, 5) is 18.1. The third-order valence-corrected chi connectivity index (χ3v) is 10.4. The summed E-state index contributed by atoms with van der Waals surface area (Å²) in [6.07, 6.45) is 4.47. The Kier molecular flexibility index (Phi) is 7.15. The van der Waals surface area contributed by atoms with E-state index in [1.807, 2.05) is 12.1 Å². The number of rotatable bonds is 5. The normalized spacial score (nSPS) is 34.7. The van der Waals surface area contributed by atoms with E-state index in [-0.39, 0.29) is 35.4 Å². The molecule has 2 unspecified atom stereocenters. The van der Waals surface area contributed by atoms with Crippen molar-refractivity contribution in [1.82, 2.24) is 9.80 Å². The van der Waals surface area contributed by atoms with Crippen LogP contribution >= 0.6 is 11.6 Å². The van der Waals surface area contributed by atoms with E-state index in [2.05, 4.69) is 72.2 Å². The Morgan fingerprint density at radius 2 is 1.74 bits per heavy atom. The molecule has 6 heteroatoms. The second-order valence-corrected chi connectivity index (χ2v) is 12.4. The number of nitrogens with zero attached hydrogens (tertiary/aromatic N) is 2. The molecule has 2 aliphatic carbocycles. The molecule has 1 N–H and O–H groups in total. The molecule has 4 aliphatic rings. The summed E-state index contributed by atoms with van der Waals surface area (Å²) in [5, 5.41) is 12.4. The molecule has 0 radical (unpaired) electrons. The Morgan fingerprint density at radius 3 is 2.45 bits per heavy atom. The molecule has 0 amide bonds. The van der Waals surface area contributed by atoms with Crippen LogP contribution in [0, 0.1) is 23.2 Å². The highest BCUT2D eigenvalue weighted by Gasteiger charge is 2.59. The minimum atomic E-state index is -0.548. The summed E-state index contributed by atoms with van der Waals surface area (Å²) in [5.74, 6) is -0.119. The molecule has 38 heavy (non-hydrogen) atoms. The lowest BCUT2D eigenvalue weighted by molar-refractivity contribution is -0.145. The number of piperazine rings is 1. The van der Waals surface area contributed by atoms with Crippen molar-refractivity contribution in [2.24, 2.45) is 23.2 Å². The number of hydrogen-bond donors (Lipinski definition) is 1. The summed E-state index contributed by atoms with van der Waals surface area (Å²) in [7, 11) is 0. The standard InChI is InChI=1S/C32H39ClN2O3/c1-21-7-6-10-24-19-27-28(30(36)32(21,24)2)26(31(37)38-27)20-34-15-17-35(18-16-34)29(22-8-4-3-5-9-22)23-11-13-25(33)14-12-23/h3-5,8-14,21,26-30,36H,6-7,15-20H2,1-2H3/t21-,26?,27-,28-,29?,30+,32-/m1/s1. The second-order valence-electron chi connectivity index (χ2n) is 12.0. The van der Waals surface area contributed by atoms with E-state index in [1.54, 1.807) is 0 Å². The van der Waals surface area contributed by atoms with Gasteiger partial charge in [0.05, 0.1) is 18.1 Å². The lowest BCUT2D eigenvalue weighted by Crippen LogP contribution is -2.55. The molecule has 7 atom stereocenters. The van der Waals surface area contributed by atoms with Crippen molar-refractivity contribution in [1.29, 1.82) is 0 Å². The van der Waals surface area contributed by atoms with Crippen molar-refractivity contribution in [2.75, 3.05) is 32.7 Å². The van der Waals surface area contributed by atoms with E-state index in [4.69, 9.17) is 16.3 Å². The number of hydrogen-bond acceptors (Lipinski definition) is 5. The molecular formula is C32H39ClN2O3. The van der Waals surface area contributed by atoms with Crippen molar-refractivity contribution >= 4 is 17.6 Å². The lowest BCUT2D eigenvalue weighted by atomic mass is 9.55. The van der Waals surface area contributed by atoms with Gasteiger partial charge in [0, 0.05) is 55.5 Å². The van der Waals surface area contributed by atoms with E-state index in [0.29, 0.717) is 12.5 Å². The van der Waals surface area contributed by atoms with Gasteiger partial charge in [-0.25, -0.2) is 0 Å². The summed E-state index contributed by atoms with van der Waals surface area (Å²) < 4.78 is 5.92. The van der Waals surface area contributed by atoms with Crippen molar-refractivity contribution < 1.29 is 14.6 Å². The van der Waals surface area contributed by atoms with Crippen LogP contribution in [-0.4, -0.2) is 65.8 Å². The maximum Gasteiger partial charge on any atom is 0.311 e. The lowest BCUT2D eigenvalue weighted by Gasteiger charge is -2.52. The number of carbonyl (C=O) groups is 1. The van der Waals surface area contributed by atoms with Gasteiger partial charge in [0.25, 0.3) is 0 Å². The van der Waals surface area contributed by atoms with Gasteiger partial charge in [0.2, 0.25) is 0 Å². The highest BCUT2D eigenvalue weighted by Crippen LogP contribution is 2.56. The maximum atomic E-state index is 13.1. The third kappa shape index (κ3) is 4.52. The number of benzene rings is 2. The Hall–Kier alpha value is -2.18. The molecule has 0 spiro atoms. The SMILES string of the molecule is C[C@@H]1CCC=C2C[C@H]3OC(=O)C(CN4CCN(C(c5ccccc5)c5ccc(Cl)cc5)CC4)[C@H]3[C@H](O)[C@@]21C. The highest BCUT2D eigenvalue weighted by molar-refractivity contribution is 6.30. The number of ether oxygens (including phenoxy) is 1. The van der Waals surface area contributed by atoms with Crippen LogP contribution in [0.2, 0.25) is 5.02 Å². The Balaban J connectivity index is 1.16. The first kappa shape index (κ1) is 26.1. The van der Waals surface area contributed by atoms with Gasteiger partial charge in [-0.2, -0.15) is 0 Å². The minimum Gasteiger partial charge on any atom is -0.461 e. The topological polar surface area (TPSA) is 53.0 Å². The zero-order chi connectivity index (χ0) is 26.4. The fourth-order valence-electron chi connectivity index (χ4n) is 7.65. The zero-order valence-corrected chi connectivity index (χ0v) is 23.2. The van der Waals surface area contributed by atoms with Gasteiger partial charge in [-0.3, -0.25) is 14.6 Å². The molecule has 6 rings (SSSR count). The molecule has 0 aromatic heterocycles. The summed E-state index contributed by atoms with van der Waals surface area (Å²) in [6, 6.07) is 19.0. The summed E-state index contributed by atoms with van der Waals surface area (Å²) in [5.41, 5.74) is 3.54. The molecule has 2 aliphatic heterocycles. The molecule has 2 aromatic carbocycles. The van der Waals surface area contributed by atoms with Crippen molar-refractivity contribution in [3.05, 3.63) is 82.4 Å². The molecule has 202 valence electrons. The average molecular weight is 535 g/mol. The molecule has 5 nitrogen and oxygen atoms in total. The van der Waals surface area contributed by atoms with E-state index < -0.39 is 6.10 Å². The van der Waals surface area contributed by atoms with E-state index >= 15 is 0 Å². The van der Waals surface area contributed by atoms with E-state index in [0.717, 1.165) is 50.5 Å². The zero-order valence-electron chi connectivity index (χ0n) is 22.4. The van der Waals surface area contributed by atoms with Crippen LogP contribution in [0.4, 0.5) is 0 Å². The Labute approximate surface area is 231 Å². The van der Waals surface area contributed by atoms with Gasteiger partial charge in [-0.05, 0) is 42.0 Å². The minimum absolute atomic E-state index is 0.125. The number of esters is 1. The molecule has 1 saturated carbocycles. The third-order valence-electron chi connectivity index (χ3n) is 10.1. The molecular weight excluding hydrogens is 496 g/mol. The molecule has 2 saturated heterocycles. The smallest absolute Gasteiger partial charge is 0.311 e. The molecule has 3 fully saturated rings. The average Bonchev–Trinajstić information content (AvgIpc) is 3.23. The van der Waals surface area contributed by atoms with Crippen molar-refractivity contribution in [2.45, 2.75) is 51.4 Å². The summed E-state index contributed by atoms with van der Waals surface area (Å²) in [6.45, 7) is 8.70. The predicted molar refractivity (Wildman–Crippen MR) is 150 cm³/mol. The van der Waals surface area contributed by atoms with E-state index in [9.17, 15) is 9.90 Å². The summed E-state index contributed by atoms with van der Waals surface area (Å²) >= 11 is 6.19. The van der Waals surface area contributed by atoms with Crippen molar-refractivity contribution in [3.63, 3.8) is 0 Å². The van der Waals surface area contributed by atoms with Gasteiger partial charge in [-0.1, -0.05) is 79.6 Å². The first-order valence-corrected chi connectivity index (χ1v) is 14.6. The maximum absolute atomic E-state index is 13.1. The van der Waals surface area contributed by atoms with Gasteiger partial charge in [-0.15, -0.1) is 0 Å². The molecule has 2 aromatic rings. The first-order chi connectivity index (χ1) is 18.4. The molecule has 2 heterocycles. The highest BCUT2D eigenvalue weighted by atomic mass is 35.5. The van der Waals surface area contributed by atoms with Crippen molar-refractivity contribution in [3.8, 4) is 0 Å². The van der Waals surface area contributed by atoms with Crippen LogP contribution in [0.25, 0.3) is 0 Å². The van der Waals surface area contributed by atoms with E-state index in [1.165, 1.54) is 16.7 Å². The van der Waals surface area contributed by atoms with Gasteiger partial charge in [0.15, 0.2) is 0 Å². The number of allylic oxidation sites excluding steroid dienone is 1. The predicted octanol–water partition coefficient (Wildman–Crippen LogP) is 5.33. The largest absolute Gasteiger partial charge is 0.461 e. The fraction of sp³-hybridized carbons (Fsp3) is 0.531. The Bertz CT molecular complexity index is 1180. The van der Waals surface area contributed by atoms with Crippen LogP contribution in [0.1, 0.15) is 50.3 Å². The van der Waals surface area contributed by atoms with Crippen LogP contribution in [0.3, 0.4) is 0 Å². The van der Waals surface area contributed by atoms with Crippen LogP contribution in [0.5, 0.6) is 0 Å². The second kappa shape index (κ2) is 10.4.